The molecule has 0 unspecified atom stereocenters. The van der Waals surface area contributed by atoms with Crippen LogP contribution < -0.4 is 5.73 Å². The standard InChI is InChI=1S/C10H12ClFN5O4P/c11-7-6-9(16-10(13)15-7)17(3-14-6)2-4-1-5(21-8(4)12)22(18,19)20/h3-5,8H,1-2H2,(H2,13,15,16)(H2,18,19,20)/t4-,5+,8+/m1/s1. The Labute approximate surface area is 128 Å². The van der Waals surface area contributed by atoms with Crippen LogP contribution in [0.1, 0.15) is 6.42 Å². The molecule has 9 nitrogen and oxygen atoms in total. The zero-order valence-corrected chi connectivity index (χ0v) is 12.7. The first-order valence-electron chi connectivity index (χ1n) is 6.24. The topological polar surface area (TPSA) is 136 Å². The lowest BCUT2D eigenvalue weighted by atomic mass is 10.1. The maximum Gasteiger partial charge on any atom is 0.354 e. The van der Waals surface area contributed by atoms with Crippen molar-refractivity contribution < 1.29 is 23.5 Å². The summed E-state index contributed by atoms with van der Waals surface area (Å²) in [5, 5.41) is 0.0776. The molecule has 1 aliphatic heterocycles. The molecule has 0 amide bonds. The van der Waals surface area contributed by atoms with Gasteiger partial charge in [0.25, 0.3) is 0 Å². The molecule has 0 spiro atoms. The van der Waals surface area contributed by atoms with E-state index in [-0.39, 0.29) is 24.1 Å². The number of nitrogen functional groups attached to an aromatic ring is 1. The number of nitrogens with zero attached hydrogens (tertiary/aromatic N) is 4. The van der Waals surface area contributed by atoms with Crippen molar-refractivity contribution in [3.63, 3.8) is 0 Å². The van der Waals surface area contributed by atoms with Gasteiger partial charge in [-0.05, 0) is 6.42 Å². The maximum absolute atomic E-state index is 13.8. The highest BCUT2D eigenvalue weighted by Gasteiger charge is 2.44. The number of nitrogens with two attached hydrogens (primary N) is 1. The molecule has 0 aromatic carbocycles. The van der Waals surface area contributed by atoms with E-state index in [4.69, 9.17) is 31.9 Å². The smallest absolute Gasteiger partial charge is 0.354 e. The molecule has 1 aliphatic rings. The van der Waals surface area contributed by atoms with Gasteiger partial charge in [-0.3, -0.25) is 4.57 Å². The van der Waals surface area contributed by atoms with Crippen molar-refractivity contribution in [3.8, 4) is 0 Å². The van der Waals surface area contributed by atoms with Crippen molar-refractivity contribution in [2.24, 2.45) is 5.92 Å². The third-order valence-electron chi connectivity index (χ3n) is 3.41. The lowest BCUT2D eigenvalue weighted by Gasteiger charge is -2.11. The van der Waals surface area contributed by atoms with Crippen LogP contribution in [-0.4, -0.2) is 41.5 Å². The number of alkyl halides is 1. The van der Waals surface area contributed by atoms with Gasteiger partial charge in [-0.2, -0.15) is 9.97 Å². The Hall–Kier alpha value is -1.32. The van der Waals surface area contributed by atoms with Crippen LogP contribution in [0, 0.1) is 5.92 Å². The lowest BCUT2D eigenvalue weighted by Crippen LogP contribution is -2.16. The summed E-state index contributed by atoms with van der Waals surface area (Å²) in [6.07, 6.45) is -0.508. The Morgan fingerprint density at radius 2 is 2.27 bits per heavy atom. The van der Waals surface area contributed by atoms with E-state index in [0.29, 0.717) is 11.2 Å². The Balaban J connectivity index is 1.86. The monoisotopic (exact) mass is 351 g/mol. The van der Waals surface area contributed by atoms with Crippen LogP contribution in [0.2, 0.25) is 5.15 Å². The first kappa shape index (κ1) is 15.6. The number of ether oxygens (including phenoxy) is 1. The van der Waals surface area contributed by atoms with Gasteiger partial charge in [0.15, 0.2) is 16.6 Å². The number of fused-ring (bicyclic) bond motifs is 1. The van der Waals surface area contributed by atoms with E-state index < -0.39 is 25.7 Å². The van der Waals surface area contributed by atoms with Crippen LogP contribution in [0.4, 0.5) is 10.3 Å². The Bertz CT molecular complexity index is 767. The predicted molar refractivity (Wildman–Crippen MR) is 74.7 cm³/mol. The van der Waals surface area contributed by atoms with Gasteiger partial charge in [0.2, 0.25) is 12.3 Å². The van der Waals surface area contributed by atoms with Crippen molar-refractivity contribution >= 4 is 36.3 Å². The fraction of sp³-hybridized carbons (Fsp3) is 0.500. The molecule has 0 radical (unpaired) electrons. The van der Waals surface area contributed by atoms with Gasteiger partial charge in [-0.25, -0.2) is 9.37 Å². The van der Waals surface area contributed by atoms with Crippen LogP contribution >= 0.6 is 19.2 Å². The maximum atomic E-state index is 13.8. The fourth-order valence-electron chi connectivity index (χ4n) is 2.37. The number of hydrogen-bond acceptors (Lipinski definition) is 6. The summed E-state index contributed by atoms with van der Waals surface area (Å²) in [5.74, 6) is -2.23. The van der Waals surface area contributed by atoms with Crippen molar-refractivity contribution in [2.75, 3.05) is 5.73 Å². The van der Waals surface area contributed by atoms with Crippen molar-refractivity contribution in [3.05, 3.63) is 11.5 Å². The molecule has 0 bridgehead atoms. The minimum absolute atomic E-state index is 0.0492. The van der Waals surface area contributed by atoms with E-state index >= 15 is 0 Å². The highest BCUT2D eigenvalue weighted by atomic mass is 35.5. The van der Waals surface area contributed by atoms with Gasteiger partial charge in [0.05, 0.1) is 6.33 Å². The number of imidazole rings is 1. The van der Waals surface area contributed by atoms with E-state index in [1.165, 1.54) is 10.9 Å². The number of hydrogen-bond donors (Lipinski definition) is 3. The number of rotatable bonds is 3. The largest absolute Gasteiger partial charge is 0.368 e. The summed E-state index contributed by atoms with van der Waals surface area (Å²) in [7, 11) is -4.50. The highest BCUT2D eigenvalue weighted by molar-refractivity contribution is 7.52. The molecular weight excluding hydrogens is 340 g/mol. The Morgan fingerprint density at radius 1 is 1.55 bits per heavy atom. The normalized spacial score (nSPS) is 25.9. The zero-order valence-electron chi connectivity index (χ0n) is 11.0. The van der Waals surface area contributed by atoms with Gasteiger partial charge in [-0.15, -0.1) is 0 Å². The first-order chi connectivity index (χ1) is 10.3. The average molecular weight is 352 g/mol. The zero-order chi connectivity index (χ0) is 16.1. The van der Waals surface area contributed by atoms with Crippen LogP contribution in [0.15, 0.2) is 6.33 Å². The molecule has 120 valence electrons. The van der Waals surface area contributed by atoms with E-state index in [1.807, 2.05) is 0 Å². The van der Waals surface area contributed by atoms with Crippen LogP contribution in [0.5, 0.6) is 0 Å². The van der Waals surface area contributed by atoms with Gasteiger partial charge in [-0.1, -0.05) is 11.6 Å². The molecule has 3 atom stereocenters. The summed E-state index contributed by atoms with van der Waals surface area (Å²) < 4.78 is 31.2. The van der Waals surface area contributed by atoms with Gasteiger partial charge in [0, 0.05) is 12.5 Å². The molecule has 3 rings (SSSR count). The minimum atomic E-state index is -4.50. The molecule has 4 N–H and O–H groups in total. The first-order valence-corrected chi connectivity index (χ1v) is 8.30. The number of halogens is 2. The third-order valence-corrected chi connectivity index (χ3v) is 4.75. The molecule has 0 saturated carbocycles. The van der Waals surface area contributed by atoms with Crippen molar-refractivity contribution in [2.45, 2.75) is 25.2 Å². The number of anilines is 1. The molecule has 12 heteroatoms. The average Bonchev–Trinajstić information content (AvgIpc) is 2.95. The predicted octanol–water partition coefficient (Wildman–Crippen LogP) is 0.898. The van der Waals surface area contributed by atoms with E-state index in [9.17, 15) is 8.96 Å². The molecule has 3 heterocycles. The minimum Gasteiger partial charge on any atom is -0.368 e. The van der Waals surface area contributed by atoms with Gasteiger partial charge < -0.3 is 24.8 Å². The molecule has 1 saturated heterocycles. The molecular formula is C10H12ClFN5O4P. The summed E-state index contributed by atoms with van der Waals surface area (Å²) in [4.78, 5) is 29.9. The van der Waals surface area contributed by atoms with Crippen LogP contribution in [-0.2, 0) is 15.8 Å². The number of aromatic nitrogens is 4. The van der Waals surface area contributed by atoms with E-state index in [0.717, 1.165) is 0 Å². The van der Waals surface area contributed by atoms with E-state index in [2.05, 4.69) is 15.0 Å². The van der Waals surface area contributed by atoms with Crippen molar-refractivity contribution in [1.29, 1.82) is 0 Å². The third kappa shape index (κ3) is 2.80. The SMILES string of the molecule is Nc1nc(Cl)c2ncn(C[C@H]3C[C@H](P(=O)(O)O)O[C@@H]3F)c2n1. The fourth-order valence-corrected chi connectivity index (χ4v) is 3.41. The summed E-state index contributed by atoms with van der Waals surface area (Å²) in [6.45, 7) is 0.0704. The van der Waals surface area contributed by atoms with Crippen molar-refractivity contribution in [1.82, 2.24) is 19.5 Å². The summed E-state index contributed by atoms with van der Waals surface area (Å²) in [6, 6.07) is 0. The Kier molecular flexibility index (Phi) is 3.82. The quantitative estimate of drug-likeness (QED) is 0.548. The summed E-state index contributed by atoms with van der Waals surface area (Å²) >= 11 is 5.90. The van der Waals surface area contributed by atoms with Gasteiger partial charge >= 0.3 is 7.60 Å². The molecule has 2 aromatic rings. The lowest BCUT2D eigenvalue weighted by molar-refractivity contribution is -0.0352. The van der Waals surface area contributed by atoms with Crippen LogP contribution in [0.25, 0.3) is 11.2 Å². The molecule has 0 aliphatic carbocycles. The highest BCUT2D eigenvalue weighted by Crippen LogP contribution is 2.50. The molecule has 22 heavy (non-hydrogen) atoms. The van der Waals surface area contributed by atoms with Gasteiger partial charge in [0.1, 0.15) is 5.52 Å². The second kappa shape index (κ2) is 5.39. The second-order valence-corrected chi connectivity index (χ2v) is 7.08. The molecule has 1 fully saturated rings. The Morgan fingerprint density at radius 3 is 2.91 bits per heavy atom. The van der Waals surface area contributed by atoms with E-state index in [1.54, 1.807) is 0 Å². The van der Waals surface area contributed by atoms with Crippen LogP contribution in [0.3, 0.4) is 0 Å². The summed E-state index contributed by atoms with van der Waals surface area (Å²) in [5.41, 5.74) is 6.16. The second-order valence-electron chi connectivity index (χ2n) is 4.97. The molecule has 2 aromatic heterocycles.